The summed E-state index contributed by atoms with van der Waals surface area (Å²) >= 11 is 1.73. The van der Waals surface area contributed by atoms with E-state index in [1.807, 2.05) is 18.2 Å². The van der Waals surface area contributed by atoms with Crippen molar-refractivity contribution in [1.82, 2.24) is 4.98 Å². The van der Waals surface area contributed by atoms with Gasteiger partial charge in [0.2, 0.25) is 0 Å². The van der Waals surface area contributed by atoms with Crippen LogP contribution in [0, 0.1) is 0 Å². The zero-order valence-electron chi connectivity index (χ0n) is 8.44. The molecule has 2 nitrogen and oxygen atoms in total. The molecule has 0 unspecified atom stereocenters. The lowest BCUT2D eigenvalue weighted by molar-refractivity contribution is 0.120. The number of aliphatic hydroxyl groups excluding tert-OH is 1. The molecule has 0 amide bonds. The average Bonchev–Trinajstić information content (AvgIpc) is 2.60. The monoisotopic (exact) mass is 219 g/mol. The van der Waals surface area contributed by atoms with Crippen molar-refractivity contribution in [2.24, 2.45) is 0 Å². The van der Waals surface area contributed by atoms with Crippen molar-refractivity contribution in [1.29, 1.82) is 0 Å². The molecule has 0 bridgehead atoms. The summed E-state index contributed by atoms with van der Waals surface area (Å²) in [6.45, 7) is 0.243. The number of rotatable bonds is 2. The van der Waals surface area contributed by atoms with Gasteiger partial charge in [-0.25, -0.2) is 4.98 Å². The van der Waals surface area contributed by atoms with Crippen LogP contribution in [0.3, 0.4) is 0 Å². The number of aliphatic hydroxyl groups is 1. The highest BCUT2D eigenvalue weighted by Gasteiger charge is 2.40. The third kappa shape index (κ3) is 1.30. The van der Waals surface area contributed by atoms with Gasteiger partial charge in [0.15, 0.2) is 0 Å². The molecule has 1 fully saturated rings. The van der Waals surface area contributed by atoms with Gasteiger partial charge < -0.3 is 5.11 Å². The Hall–Kier alpha value is -0.930. The molecule has 1 saturated carbocycles. The highest BCUT2D eigenvalue weighted by molar-refractivity contribution is 7.18. The van der Waals surface area contributed by atoms with Gasteiger partial charge >= 0.3 is 0 Å². The second kappa shape index (κ2) is 3.29. The molecule has 1 aromatic heterocycles. The van der Waals surface area contributed by atoms with Gasteiger partial charge in [0.1, 0.15) is 5.01 Å². The first-order valence-corrected chi connectivity index (χ1v) is 6.13. The van der Waals surface area contributed by atoms with E-state index in [0.29, 0.717) is 0 Å². The summed E-state index contributed by atoms with van der Waals surface area (Å²) in [5, 5.41) is 10.6. The summed E-state index contributed by atoms with van der Waals surface area (Å²) in [5.74, 6) is 0. The Bertz CT molecular complexity index is 449. The average molecular weight is 219 g/mol. The molecule has 0 aliphatic heterocycles. The van der Waals surface area contributed by atoms with Crippen LogP contribution in [0.1, 0.15) is 24.3 Å². The standard InChI is InChI=1S/C12H13NOS/c14-8-12(6-3-7-12)11-13-9-4-1-2-5-10(9)15-11/h1-2,4-5,14H,3,6-8H2. The molecule has 1 aliphatic rings. The van der Waals surface area contributed by atoms with Crippen LogP contribution >= 0.6 is 11.3 Å². The van der Waals surface area contributed by atoms with Crippen LogP contribution in [0.2, 0.25) is 0 Å². The van der Waals surface area contributed by atoms with Gasteiger partial charge in [0.05, 0.1) is 16.8 Å². The summed E-state index contributed by atoms with van der Waals surface area (Å²) in [6.07, 6.45) is 3.39. The maximum Gasteiger partial charge on any atom is 0.102 e. The van der Waals surface area contributed by atoms with E-state index in [9.17, 15) is 5.11 Å². The van der Waals surface area contributed by atoms with Gasteiger partial charge in [-0.3, -0.25) is 0 Å². The molecule has 15 heavy (non-hydrogen) atoms. The van der Waals surface area contributed by atoms with Crippen molar-refractivity contribution in [3.63, 3.8) is 0 Å². The summed E-state index contributed by atoms with van der Waals surface area (Å²) in [4.78, 5) is 4.64. The van der Waals surface area contributed by atoms with Gasteiger partial charge in [-0.05, 0) is 25.0 Å². The minimum Gasteiger partial charge on any atom is -0.395 e. The summed E-state index contributed by atoms with van der Waals surface area (Å²) in [7, 11) is 0. The molecule has 0 atom stereocenters. The summed E-state index contributed by atoms with van der Waals surface area (Å²) in [5.41, 5.74) is 1.06. The van der Waals surface area contributed by atoms with E-state index in [1.165, 1.54) is 11.1 Å². The van der Waals surface area contributed by atoms with Gasteiger partial charge in [-0.2, -0.15) is 0 Å². The smallest absolute Gasteiger partial charge is 0.102 e. The first kappa shape index (κ1) is 9.31. The van der Waals surface area contributed by atoms with Crippen LogP contribution in [-0.2, 0) is 5.41 Å². The zero-order valence-corrected chi connectivity index (χ0v) is 9.26. The minimum atomic E-state index is -0.0102. The Morgan fingerprint density at radius 2 is 2.13 bits per heavy atom. The first-order chi connectivity index (χ1) is 7.34. The van der Waals surface area contributed by atoms with Crippen molar-refractivity contribution in [2.45, 2.75) is 24.7 Å². The number of para-hydroxylation sites is 1. The number of hydrogen-bond acceptors (Lipinski definition) is 3. The number of fused-ring (bicyclic) bond motifs is 1. The van der Waals surface area contributed by atoms with Crippen LogP contribution in [0.25, 0.3) is 10.2 Å². The van der Waals surface area contributed by atoms with Crippen molar-refractivity contribution < 1.29 is 5.11 Å². The molecule has 0 saturated heterocycles. The molecule has 1 N–H and O–H groups in total. The molecule has 1 aliphatic carbocycles. The van der Waals surface area contributed by atoms with Crippen molar-refractivity contribution >= 4 is 21.6 Å². The second-order valence-corrected chi connectivity index (χ2v) is 5.31. The molecular weight excluding hydrogens is 206 g/mol. The summed E-state index contributed by atoms with van der Waals surface area (Å²) in [6, 6.07) is 8.19. The van der Waals surface area contributed by atoms with E-state index in [1.54, 1.807) is 11.3 Å². The molecule has 3 heteroatoms. The van der Waals surface area contributed by atoms with Crippen molar-refractivity contribution in [3.8, 4) is 0 Å². The number of benzene rings is 1. The second-order valence-electron chi connectivity index (χ2n) is 4.28. The lowest BCUT2D eigenvalue weighted by atomic mass is 9.70. The zero-order chi connectivity index (χ0) is 10.3. The molecule has 0 radical (unpaired) electrons. The van der Waals surface area contributed by atoms with Crippen molar-refractivity contribution in [3.05, 3.63) is 29.3 Å². The van der Waals surface area contributed by atoms with E-state index in [2.05, 4.69) is 11.1 Å². The maximum absolute atomic E-state index is 9.48. The number of thiazole rings is 1. The van der Waals surface area contributed by atoms with Crippen molar-refractivity contribution in [2.75, 3.05) is 6.61 Å². The lowest BCUT2D eigenvalue weighted by Crippen LogP contribution is -2.37. The van der Waals surface area contributed by atoms with Crippen LogP contribution in [0.5, 0.6) is 0 Å². The van der Waals surface area contributed by atoms with Crippen LogP contribution < -0.4 is 0 Å². The Kier molecular flexibility index (Phi) is 2.04. The Morgan fingerprint density at radius 1 is 1.33 bits per heavy atom. The van der Waals surface area contributed by atoms with Crippen LogP contribution in [-0.4, -0.2) is 16.7 Å². The Morgan fingerprint density at radius 3 is 2.73 bits per heavy atom. The van der Waals surface area contributed by atoms with E-state index in [-0.39, 0.29) is 12.0 Å². The Balaban J connectivity index is 2.11. The van der Waals surface area contributed by atoms with E-state index in [0.717, 1.165) is 23.4 Å². The molecule has 1 heterocycles. The van der Waals surface area contributed by atoms with E-state index < -0.39 is 0 Å². The number of aromatic nitrogens is 1. The molecule has 0 spiro atoms. The number of nitrogens with zero attached hydrogens (tertiary/aromatic N) is 1. The quantitative estimate of drug-likeness (QED) is 0.842. The molecule has 1 aromatic carbocycles. The molecular formula is C12H13NOS. The topological polar surface area (TPSA) is 33.1 Å². The molecule has 3 rings (SSSR count). The normalized spacial score (nSPS) is 19.0. The Labute approximate surface area is 92.6 Å². The minimum absolute atomic E-state index is 0.0102. The third-order valence-electron chi connectivity index (χ3n) is 3.36. The maximum atomic E-state index is 9.48. The summed E-state index contributed by atoms with van der Waals surface area (Å²) < 4.78 is 1.23. The van der Waals surface area contributed by atoms with Crippen LogP contribution in [0.4, 0.5) is 0 Å². The van der Waals surface area contributed by atoms with E-state index in [4.69, 9.17) is 0 Å². The fraction of sp³-hybridized carbons (Fsp3) is 0.417. The highest BCUT2D eigenvalue weighted by atomic mass is 32.1. The van der Waals surface area contributed by atoms with E-state index >= 15 is 0 Å². The van der Waals surface area contributed by atoms with Crippen LogP contribution in [0.15, 0.2) is 24.3 Å². The predicted octanol–water partition coefficient (Wildman–Crippen LogP) is 2.71. The molecule has 2 aromatic rings. The third-order valence-corrected chi connectivity index (χ3v) is 4.64. The van der Waals surface area contributed by atoms with Gasteiger partial charge in [-0.1, -0.05) is 18.6 Å². The van der Waals surface area contributed by atoms with Gasteiger partial charge in [-0.15, -0.1) is 11.3 Å². The van der Waals surface area contributed by atoms with Gasteiger partial charge in [0, 0.05) is 5.41 Å². The fourth-order valence-electron chi connectivity index (χ4n) is 2.14. The lowest BCUT2D eigenvalue weighted by Gasteiger charge is -2.38. The number of hydrogen-bond donors (Lipinski definition) is 1. The fourth-order valence-corrected chi connectivity index (χ4v) is 3.34. The highest BCUT2D eigenvalue weighted by Crippen LogP contribution is 2.45. The SMILES string of the molecule is OCC1(c2nc3ccccc3s2)CCC1. The first-order valence-electron chi connectivity index (χ1n) is 5.31. The molecule has 78 valence electrons. The largest absolute Gasteiger partial charge is 0.395 e. The van der Waals surface area contributed by atoms with Gasteiger partial charge in [0.25, 0.3) is 0 Å². The predicted molar refractivity (Wildman–Crippen MR) is 62.2 cm³/mol.